The molecule has 23 heavy (non-hydrogen) atoms. The second kappa shape index (κ2) is 5.15. The molecule has 4 rings (SSSR count). The Labute approximate surface area is 136 Å². The van der Waals surface area contributed by atoms with Gasteiger partial charge in [-0.15, -0.1) is 0 Å². The molecule has 4 aliphatic rings. The molecule has 2 N–H and O–H groups in total. The zero-order chi connectivity index (χ0) is 16.3. The maximum absolute atomic E-state index is 13.0. The molecule has 0 aromatic carbocycles. The molecule has 1 spiro atoms. The van der Waals surface area contributed by atoms with Crippen LogP contribution in [-0.2, 0) is 14.3 Å². The van der Waals surface area contributed by atoms with Crippen molar-refractivity contribution < 1.29 is 24.5 Å². The van der Waals surface area contributed by atoms with Crippen LogP contribution >= 0.6 is 0 Å². The lowest BCUT2D eigenvalue weighted by Gasteiger charge is -2.65. The van der Waals surface area contributed by atoms with Gasteiger partial charge in [-0.05, 0) is 37.5 Å². The SMILES string of the molecule is CCN1C[C@@]23CC[C@@H](O)[C@@](CO)(C1=O)C2CCC1(C3)OCCO1. The third-order valence-electron chi connectivity index (χ3n) is 6.95. The smallest absolute Gasteiger partial charge is 0.234 e. The number of likely N-dealkylation sites (tertiary alicyclic amines) is 1. The minimum Gasteiger partial charge on any atom is -0.395 e. The molecule has 0 aromatic heterocycles. The van der Waals surface area contributed by atoms with Crippen LogP contribution in [-0.4, -0.2) is 65.8 Å². The minimum atomic E-state index is -1.03. The first-order valence-corrected chi connectivity index (χ1v) is 8.88. The van der Waals surface area contributed by atoms with Crippen LogP contribution < -0.4 is 0 Å². The Kier molecular flexibility index (Phi) is 3.54. The summed E-state index contributed by atoms with van der Waals surface area (Å²) < 4.78 is 11.9. The van der Waals surface area contributed by atoms with E-state index in [0.29, 0.717) is 32.7 Å². The van der Waals surface area contributed by atoms with Gasteiger partial charge in [0.15, 0.2) is 5.79 Å². The van der Waals surface area contributed by atoms with Gasteiger partial charge < -0.3 is 24.6 Å². The molecule has 1 amide bonds. The summed E-state index contributed by atoms with van der Waals surface area (Å²) in [7, 11) is 0. The first-order valence-electron chi connectivity index (χ1n) is 8.88. The summed E-state index contributed by atoms with van der Waals surface area (Å²) in [6, 6.07) is 0. The lowest BCUT2D eigenvalue weighted by molar-refractivity contribution is -0.266. The monoisotopic (exact) mass is 325 g/mol. The molecule has 4 atom stereocenters. The van der Waals surface area contributed by atoms with Crippen LogP contribution in [0.25, 0.3) is 0 Å². The van der Waals surface area contributed by atoms with E-state index in [-0.39, 0.29) is 23.8 Å². The molecule has 4 fully saturated rings. The first-order chi connectivity index (χ1) is 11.0. The average molecular weight is 325 g/mol. The van der Waals surface area contributed by atoms with E-state index in [4.69, 9.17) is 9.47 Å². The molecule has 2 bridgehead atoms. The van der Waals surface area contributed by atoms with Crippen molar-refractivity contribution in [2.75, 3.05) is 32.9 Å². The van der Waals surface area contributed by atoms with Crippen molar-refractivity contribution >= 4 is 5.91 Å². The Balaban J connectivity index is 1.77. The molecule has 0 radical (unpaired) electrons. The fourth-order valence-corrected chi connectivity index (χ4v) is 5.96. The van der Waals surface area contributed by atoms with Crippen LogP contribution in [0.1, 0.15) is 39.0 Å². The van der Waals surface area contributed by atoms with Gasteiger partial charge in [-0.3, -0.25) is 4.79 Å². The first kappa shape index (κ1) is 15.8. The lowest BCUT2D eigenvalue weighted by atomic mass is 9.46. The fourth-order valence-electron chi connectivity index (χ4n) is 5.96. The number of hydrogen-bond acceptors (Lipinski definition) is 5. The van der Waals surface area contributed by atoms with Crippen LogP contribution in [0.15, 0.2) is 0 Å². The van der Waals surface area contributed by atoms with Crippen molar-refractivity contribution in [3.63, 3.8) is 0 Å². The Hall–Kier alpha value is -0.690. The van der Waals surface area contributed by atoms with Crippen LogP contribution in [0.4, 0.5) is 0 Å². The molecular formula is C17H27NO5. The average Bonchev–Trinajstić information content (AvgIpc) is 3.00. The van der Waals surface area contributed by atoms with Crippen molar-refractivity contribution in [2.24, 2.45) is 16.7 Å². The van der Waals surface area contributed by atoms with Crippen molar-refractivity contribution in [1.82, 2.24) is 4.90 Å². The summed E-state index contributed by atoms with van der Waals surface area (Å²) in [5.74, 6) is -0.572. The van der Waals surface area contributed by atoms with Gasteiger partial charge in [0, 0.05) is 25.9 Å². The van der Waals surface area contributed by atoms with E-state index in [2.05, 4.69) is 0 Å². The molecule has 2 aliphatic heterocycles. The summed E-state index contributed by atoms with van der Waals surface area (Å²) in [5, 5.41) is 20.8. The molecule has 6 heteroatoms. The van der Waals surface area contributed by atoms with Crippen LogP contribution in [0.2, 0.25) is 0 Å². The van der Waals surface area contributed by atoms with Gasteiger partial charge in [-0.25, -0.2) is 0 Å². The number of hydrogen-bond donors (Lipinski definition) is 2. The van der Waals surface area contributed by atoms with E-state index < -0.39 is 17.3 Å². The normalized spacial score (nSPS) is 45.3. The quantitative estimate of drug-likeness (QED) is 0.773. The standard InChI is InChI=1S/C17H27NO5/c1-2-18-10-15-5-4-13(20)17(11-19,14(18)21)12(15)3-6-16(9-15)22-7-8-23-16/h12-13,19-20H,2-11H2,1H3/t12?,13-,15+,17+/m1/s1. The van der Waals surface area contributed by atoms with Crippen molar-refractivity contribution in [3.8, 4) is 0 Å². The molecule has 2 aliphatic carbocycles. The number of carbonyl (C=O) groups excluding carboxylic acids is 1. The van der Waals surface area contributed by atoms with Gasteiger partial charge in [0.2, 0.25) is 5.91 Å². The van der Waals surface area contributed by atoms with Gasteiger partial charge >= 0.3 is 0 Å². The number of amides is 1. The van der Waals surface area contributed by atoms with E-state index in [0.717, 1.165) is 25.7 Å². The number of piperidine rings is 1. The summed E-state index contributed by atoms with van der Waals surface area (Å²) in [6.45, 7) is 4.25. The predicted molar refractivity (Wildman–Crippen MR) is 81.4 cm³/mol. The van der Waals surface area contributed by atoms with Crippen LogP contribution in [0, 0.1) is 16.7 Å². The fraction of sp³-hybridized carbons (Fsp3) is 0.941. The zero-order valence-electron chi connectivity index (χ0n) is 13.8. The highest BCUT2D eigenvalue weighted by molar-refractivity contribution is 5.85. The Morgan fingerprint density at radius 2 is 2.00 bits per heavy atom. The summed E-state index contributed by atoms with van der Waals surface area (Å²) in [6.07, 6.45) is 2.94. The van der Waals surface area contributed by atoms with Crippen molar-refractivity contribution in [1.29, 1.82) is 0 Å². The maximum Gasteiger partial charge on any atom is 0.234 e. The van der Waals surface area contributed by atoms with Gasteiger partial charge in [-0.2, -0.15) is 0 Å². The Morgan fingerprint density at radius 1 is 1.26 bits per heavy atom. The third-order valence-corrected chi connectivity index (χ3v) is 6.95. The predicted octanol–water partition coefficient (Wildman–Crippen LogP) is 0.511. The van der Waals surface area contributed by atoms with Gasteiger partial charge in [-0.1, -0.05) is 0 Å². The Morgan fingerprint density at radius 3 is 2.65 bits per heavy atom. The van der Waals surface area contributed by atoms with E-state index in [9.17, 15) is 15.0 Å². The molecule has 130 valence electrons. The molecule has 2 saturated heterocycles. The molecule has 6 nitrogen and oxygen atoms in total. The molecular weight excluding hydrogens is 298 g/mol. The number of rotatable bonds is 2. The molecule has 0 aromatic rings. The number of nitrogens with zero attached hydrogens (tertiary/aromatic N) is 1. The highest BCUT2D eigenvalue weighted by atomic mass is 16.7. The van der Waals surface area contributed by atoms with Crippen molar-refractivity contribution in [2.45, 2.75) is 50.9 Å². The second-order valence-corrected chi connectivity index (χ2v) is 7.81. The molecule has 2 saturated carbocycles. The zero-order valence-corrected chi connectivity index (χ0v) is 13.8. The highest BCUT2D eigenvalue weighted by Crippen LogP contribution is 2.64. The number of carbonyl (C=O) groups is 1. The third kappa shape index (κ3) is 1.92. The minimum absolute atomic E-state index is 0.0116. The van der Waals surface area contributed by atoms with E-state index >= 15 is 0 Å². The van der Waals surface area contributed by atoms with E-state index in [1.165, 1.54) is 0 Å². The largest absolute Gasteiger partial charge is 0.395 e. The van der Waals surface area contributed by atoms with Gasteiger partial charge in [0.25, 0.3) is 0 Å². The lowest BCUT2D eigenvalue weighted by Crippen LogP contribution is -2.72. The van der Waals surface area contributed by atoms with E-state index in [1.807, 2.05) is 11.8 Å². The van der Waals surface area contributed by atoms with Crippen LogP contribution in [0.5, 0.6) is 0 Å². The summed E-state index contributed by atoms with van der Waals surface area (Å²) >= 11 is 0. The van der Waals surface area contributed by atoms with E-state index in [1.54, 1.807) is 0 Å². The maximum atomic E-state index is 13.0. The summed E-state index contributed by atoms with van der Waals surface area (Å²) in [4.78, 5) is 14.9. The molecule has 2 heterocycles. The van der Waals surface area contributed by atoms with Crippen LogP contribution in [0.3, 0.4) is 0 Å². The second-order valence-electron chi connectivity index (χ2n) is 7.81. The van der Waals surface area contributed by atoms with Crippen molar-refractivity contribution in [3.05, 3.63) is 0 Å². The molecule has 1 unspecified atom stereocenters. The number of aliphatic hydroxyl groups is 2. The van der Waals surface area contributed by atoms with Gasteiger partial charge in [0.1, 0.15) is 5.41 Å². The highest BCUT2D eigenvalue weighted by Gasteiger charge is 2.69. The number of aliphatic hydroxyl groups excluding tert-OH is 2. The Bertz CT molecular complexity index is 505. The number of ether oxygens (including phenoxy) is 2. The van der Waals surface area contributed by atoms with Gasteiger partial charge in [0.05, 0.1) is 25.9 Å². The topological polar surface area (TPSA) is 79.2 Å². The summed E-state index contributed by atoms with van der Waals surface area (Å²) in [5.41, 5.74) is -1.15.